The topological polar surface area (TPSA) is 313 Å². The Labute approximate surface area is 221 Å². The van der Waals surface area contributed by atoms with Gasteiger partial charge in [-0.1, -0.05) is 0 Å². The first kappa shape index (κ1) is 38.5. The van der Waals surface area contributed by atoms with E-state index in [0.717, 1.165) is 41.3 Å². The molecule has 0 aromatic heterocycles. The molecule has 0 radical (unpaired) electrons. The predicted octanol–water partition coefficient (Wildman–Crippen LogP) is -1.60. The summed E-state index contributed by atoms with van der Waals surface area (Å²) in [5.74, 6) is -6.02. The van der Waals surface area contributed by atoms with Crippen LogP contribution in [-0.2, 0) is 22.4 Å². The molecule has 0 atom stereocenters. The number of carbonyl (C=O) groups is 4. The van der Waals surface area contributed by atoms with Crippen molar-refractivity contribution in [1.82, 2.24) is 4.90 Å². The first-order chi connectivity index (χ1) is 15.9. The number of hydrogen-bond donors (Lipinski definition) is 7. The maximum Gasteiger partial charge on any atom is 0.335 e. The normalized spacial score (nSPS) is 10.2. The molecule has 214 valence electrons. The molecule has 0 fully saturated rings. The van der Waals surface area contributed by atoms with Crippen molar-refractivity contribution in [3.05, 3.63) is 58.7 Å². The average molecular weight is 567 g/mol. The monoisotopic (exact) mass is 566 g/mol. The summed E-state index contributed by atoms with van der Waals surface area (Å²) in [6, 6.07) is 6.85. The highest BCUT2D eigenvalue weighted by molar-refractivity contribution is 5.88. The van der Waals surface area contributed by atoms with Crippen molar-refractivity contribution in [2.75, 3.05) is 19.6 Å². The maximum atomic E-state index is 11.5. The highest BCUT2D eigenvalue weighted by Crippen LogP contribution is 2.33. The van der Waals surface area contributed by atoms with Gasteiger partial charge in [0.2, 0.25) is 0 Å². The lowest BCUT2D eigenvalue weighted by molar-refractivity contribution is -0.145. The number of hydrogen-bond acceptors (Lipinski definition) is 8. The molecule has 2 rings (SSSR count). The van der Waals surface area contributed by atoms with Gasteiger partial charge in [-0.05, 0) is 60.4 Å². The summed E-state index contributed by atoms with van der Waals surface area (Å²) in [4.78, 5) is 46.9. The summed E-state index contributed by atoms with van der Waals surface area (Å²) in [6.07, 6.45) is -0.624. The fourth-order valence-electron chi connectivity index (χ4n) is 3.71. The third-order valence-electron chi connectivity index (χ3n) is 5.39. The molecule has 0 spiro atoms. The molecule has 0 heterocycles. The highest BCUT2D eigenvalue weighted by atomic mass is 35.5. The van der Waals surface area contributed by atoms with Gasteiger partial charge in [-0.15, -0.1) is 12.4 Å². The summed E-state index contributed by atoms with van der Waals surface area (Å²) in [5, 5.41) is 58.1. The summed E-state index contributed by atoms with van der Waals surface area (Å²) in [6.45, 7) is -1.97. The van der Waals surface area contributed by atoms with Gasteiger partial charge in [0.25, 0.3) is 0 Å². The molecule has 2 aromatic rings. The van der Waals surface area contributed by atoms with Crippen LogP contribution in [0.25, 0.3) is 0 Å². The lowest BCUT2D eigenvalue weighted by atomic mass is 9.81. The zero-order valence-electron chi connectivity index (χ0n) is 19.7. The first-order valence-corrected chi connectivity index (χ1v) is 9.87. The molecule has 0 saturated heterocycles. The van der Waals surface area contributed by atoms with Crippen LogP contribution in [0, 0.1) is 0 Å². The summed E-state index contributed by atoms with van der Waals surface area (Å²) in [5.41, 5.74) is 4.16. The second-order valence-corrected chi connectivity index (χ2v) is 7.72. The zero-order valence-corrected chi connectivity index (χ0v) is 20.6. The number of aliphatic carboxylic acids is 2. The van der Waals surface area contributed by atoms with Crippen LogP contribution in [0.1, 0.15) is 31.8 Å². The van der Waals surface area contributed by atoms with Crippen LogP contribution in [0.3, 0.4) is 0 Å². The third kappa shape index (κ3) is 9.47. The Morgan fingerprint density at radius 2 is 1.05 bits per heavy atom. The maximum absolute atomic E-state index is 11.5. The second kappa shape index (κ2) is 16.0. The van der Waals surface area contributed by atoms with Crippen molar-refractivity contribution in [2.45, 2.75) is 18.4 Å². The third-order valence-corrected chi connectivity index (χ3v) is 5.39. The molecular formula is C22H31ClN2O13. The van der Waals surface area contributed by atoms with Crippen LogP contribution in [0.15, 0.2) is 36.4 Å². The number of benzene rings is 2. The van der Waals surface area contributed by atoms with Gasteiger partial charge in [-0.25, -0.2) is 9.59 Å². The van der Waals surface area contributed by atoms with Gasteiger partial charge in [0.15, 0.2) is 0 Å². The fourth-order valence-corrected chi connectivity index (χ4v) is 3.71. The number of rotatable bonds is 12. The summed E-state index contributed by atoms with van der Waals surface area (Å²) < 4.78 is 0. The quantitative estimate of drug-likeness (QED) is 0.152. The van der Waals surface area contributed by atoms with E-state index in [0.29, 0.717) is 0 Å². The lowest BCUT2D eigenvalue weighted by Gasteiger charge is -2.42. The van der Waals surface area contributed by atoms with Gasteiger partial charge in [0.1, 0.15) is 11.5 Å². The molecule has 38 heavy (non-hydrogen) atoms. The molecular weight excluding hydrogens is 536 g/mol. The average Bonchev–Trinajstić information content (AvgIpc) is 2.74. The van der Waals surface area contributed by atoms with Crippen molar-refractivity contribution in [3.63, 3.8) is 0 Å². The first-order valence-electron chi connectivity index (χ1n) is 9.87. The van der Waals surface area contributed by atoms with E-state index < -0.39 is 42.5 Å². The Hall–Kier alpha value is -3.99. The predicted molar refractivity (Wildman–Crippen MR) is 134 cm³/mol. The number of phenols is 2. The minimum atomic E-state index is -1.58. The number of nitrogens with zero attached hydrogens (tertiary/aromatic N) is 1. The van der Waals surface area contributed by atoms with Crippen molar-refractivity contribution in [1.29, 1.82) is 0 Å². The number of carboxylic acid groups (broad SMARTS) is 4. The van der Waals surface area contributed by atoms with E-state index in [1.165, 1.54) is 0 Å². The minimum Gasteiger partial charge on any atom is -0.508 e. The van der Waals surface area contributed by atoms with E-state index in [4.69, 9.17) is 5.73 Å². The van der Waals surface area contributed by atoms with Crippen molar-refractivity contribution < 1.29 is 66.2 Å². The molecule has 0 saturated carbocycles. The highest BCUT2D eigenvalue weighted by Gasteiger charge is 2.40. The van der Waals surface area contributed by atoms with E-state index in [9.17, 15) is 49.8 Å². The molecule has 14 N–H and O–H groups in total. The molecule has 15 nitrogen and oxygen atoms in total. The zero-order chi connectivity index (χ0) is 25.6. The molecule has 0 aliphatic heterocycles. The van der Waals surface area contributed by atoms with Crippen LogP contribution in [-0.4, -0.2) is 101 Å². The number of carboxylic acids is 4. The van der Waals surface area contributed by atoms with Crippen LogP contribution < -0.4 is 5.73 Å². The Morgan fingerprint density at radius 1 is 0.711 bits per heavy atom. The van der Waals surface area contributed by atoms with E-state index in [1.807, 2.05) is 0 Å². The SMILES string of the molecule is Cl.NCC(Cc1cc(C(=O)O)ccc1O)(Cc1cc(C(=O)O)ccc1O)N(CC(=O)O)CC(=O)O.O.O.O. The molecule has 0 aliphatic rings. The molecule has 0 aliphatic carbocycles. The van der Waals surface area contributed by atoms with Crippen LogP contribution in [0.2, 0.25) is 0 Å². The van der Waals surface area contributed by atoms with Crippen LogP contribution in [0.4, 0.5) is 0 Å². The summed E-state index contributed by atoms with van der Waals surface area (Å²) in [7, 11) is 0. The van der Waals surface area contributed by atoms with Crippen molar-refractivity contribution >= 4 is 36.3 Å². The summed E-state index contributed by atoms with van der Waals surface area (Å²) >= 11 is 0. The molecule has 2 aromatic carbocycles. The van der Waals surface area contributed by atoms with E-state index in [2.05, 4.69) is 0 Å². The minimum absolute atomic E-state index is 0. The number of phenolic OH excluding ortho intramolecular Hbond substituents is 2. The van der Waals surface area contributed by atoms with Crippen LogP contribution >= 0.6 is 12.4 Å². The fraction of sp³-hybridized carbons (Fsp3) is 0.273. The standard InChI is InChI=1S/C22H24N2O10.ClH.3H2O/c23-11-22(24(9-18(27)28)10-19(29)30,7-14-5-12(20(31)32)1-3-16(14)25)8-15-6-13(21(33)34)2-4-17(15)26;;;;/h1-6,25-26H,7-11,23H2,(H,27,28)(H,29,30)(H,31,32)(H,33,34);1H;3*1H2. The van der Waals surface area contributed by atoms with Gasteiger partial charge in [-0.2, -0.15) is 0 Å². The van der Waals surface area contributed by atoms with Gasteiger partial charge in [0.05, 0.1) is 24.2 Å². The Balaban J connectivity index is -0.00000306. The van der Waals surface area contributed by atoms with Gasteiger partial charge in [-0.3, -0.25) is 14.5 Å². The smallest absolute Gasteiger partial charge is 0.335 e. The van der Waals surface area contributed by atoms with E-state index >= 15 is 0 Å². The van der Waals surface area contributed by atoms with Crippen LogP contribution in [0.5, 0.6) is 11.5 Å². The molecule has 0 bridgehead atoms. The number of aromatic carboxylic acids is 2. The molecule has 16 heteroatoms. The van der Waals surface area contributed by atoms with Gasteiger partial charge in [0, 0.05) is 12.1 Å². The van der Waals surface area contributed by atoms with Crippen molar-refractivity contribution in [2.24, 2.45) is 5.73 Å². The number of halogens is 1. The largest absolute Gasteiger partial charge is 0.508 e. The van der Waals surface area contributed by atoms with Crippen molar-refractivity contribution in [3.8, 4) is 11.5 Å². The number of nitrogens with two attached hydrogens (primary N) is 1. The van der Waals surface area contributed by atoms with E-state index in [1.54, 1.807) is 0 Å². The second-order valence-electron chi connectivity index (χ2n) is 7.72. The Kier molecular flexibility index (Phi) is 16.2. The lowest BCUT2D eigenvalue weighted by Crippen LogP contribution is -2.59. The molecule has 0 amide bonds. The van der Waals surface area contributed by atoms with Gasteiger partial charge >= 0.3 is 23.9 Å². The Morgan fingerprint density at radius 3 is 1.32 bits per heavy atom. The number of aromatic hydroxyl groups is 2. The van der Waals surface area contributed by atoms with E-state index in [-0.39, 0.29) is 82.0 Å². The molecule has 0 unspecified atom stereocenters. The van der Waals surface area contributed by atoms with Gasteiger partial charge < -0.3 is 52.8 Å². The Bertz CT molecular complexity index is 1040.